The standard InChI is InChI=1S/2C12H13.C2H7Si.2ClH.Hf/c2*1-8-6-11-9(2)4-5-10(3)12(11)7-8;1-3-2;;;/h2*4-7H,1-3H3;3H,1-2H3;2*1H;. The van der Waals surface area contributed by atoms with E-state index in [2.05, 4.69) is 91.1 Å². The molecule has 0 nitrogen and oxygen atoms in total. The second-order valence-electron chi connectivity index (χ2n) is 9.35. The van der Waals surface area contributed by atoms with Gasteiger partial charge in [-0.05, 0) is 0 Å². The number of benzene rings is 2. The molecule has 0 radical (unpaired) electrons. The van der Waals surface area contributed by atoms with Crippen molar-refractivity contribution in [1.29, 1.82) is 0 Å². The first-order valence-corrected chi connectivity index (χ1v) is 23.9. The van der Waals surface area contributed by atoms with Crippen LogP contribution in [-0.2, 0) is 20.6 Å². The van der Waals surface area contributed by atoms with Crippen molar-refractivity contribution in [3.05, 3.63) is 79.9 Å². The van der Waals surface area contributed by atoms with Crippen LogP contribution in [0.3, 0.4) is 0 Å². The van der Waals surface area contributed by atoms with E-state index in [1.54, 1.807) is 33.4 Å². The molecule has 2 aliphatic carbocycles. The third-order valence-corrected chi connectivity index (χ3v) is 38.3. The Hall–Kier alpha value is -0.413. The normalized spacial score (nSPS) is 18.8. The first kappa shape index (κ1) is 25.8. The number of aryl methyl sites for hydroxylation is 4. The number of hydrogen-bond donors (Lipinski definition) is 0. The van der Waals surface area contributed by atoms with Crippen LogP contribution in [-0.4, -0.2) is 5.98 Å². The molecule has 2 aromatic carbocycles. The first-order valence-electron chi connectivity index (χ1n) is 10.7. The molecule has 4 heteroatoms. The Morgan fingerprint density at radius 2 is 0.933 bits per heavy atom. The van der Waals surface area contributed by atoms with Gasteiger partial charge in [-0.15, -0.1) is 24.8 Å². The summed E-state index contributed by atoms with van der Waals surface area (Å²) in [6.07, 6.45) is 5.09. The summed E-state index contributed by atoms with van der Waals surface area (Å²) in [5, 5.41) is 0. The maximum atomic E-state index is 2.66. The molecule has 4 rings (SSSR count). The van der Waals surface area contributed by atoms with Gasteiger partial charge in [-0.25, -0.2) is 0 Å². The molecular formula is C26H35Cl2HfSi. The predicted octanol–water partition coefficient (Wildman–Crippen LogP) is 7.98. The van der Waals surface area contributed by atoms with Crippen LogP contribution in [0, 0.1) is 27.7 Å². The Morgan fingerprint density at radius 1 is 0.600 bits per heavy atom. The van der Waals surface area contributed by atoms with Gasteiger partial charge < -0.3 is 0 Å². The average Bonchev–Trinajstić information content (AvgIpc) is 3.15. The van der Waals surface area contributed by atoms with E-state index in [0.717, 1.165) is 7.35 Å². The minimum Gasteiger partial charge on any atom is -0.147 e. The molecule has 0 saturated carbocycles. The summed E-state index contributed by atoms with van der Waals surface area (Å²) in [5.74, 6) is -0.728. The summed E-state index contributed by atoms with van der Waals surface area (Å²) in [6.45, 7) is 19.5. The molecule has 0 N–H and O–H groups in total. The molecule has 0 bridgehead atoms. The van der Waals surface area contributed by atoms with Gasteiger partial charge in [0.25, 0.3) is 0 Å². The summed E-state index contributed by atoms with van der Waals surface area (Å²) < 4.78 is 1.57. The third kappa shape index (κ3) is 4.03. The van der Waals surface area contributed by atoms with Crippen molar-refractivity contribution < 1.29 is 20.6 Å². The number of allylic oxidation sites excluding steroid dienone is 2. The van der Waals surface area contributed by atoms with Crippen molar-refractivity contribution >= 4 is 42.9 Å². The van der Waals surface area contributed by atoms with Crippen LogP contribution in [0.5, 0.6) is 0 Å². The molecule has 0 amide bonds. The van der Waals surface area contributed by atoms with E-state index < -0.39 is 26.6 Å². The average molecular weight is 625 g/mol. The molecule has 0 saturated heterocycles. The quantitative estimate of drug-likeness (QED) is 0.304. The van der Waals surface area contributed by atoms with Gasteiger partial charge in [0.2, 0.25) is 0 Å². The summed E-state index contributed by atoms with van der Waals surface area (Å²) in [6, 6.07) is 9.39. The van der Waals surface area contributed by atoms with E-state index in [9.17, 15) is 0 Å². The van der Waals surface area contributed by atoms with E-state index in [-0.39, 0.29) is 24.8 Å². The second kappa shape index (κ2) is 9.61. The van der Waals surface area contributed by atoms with Crippen molar-refractivity contribution in [1.82, 2.24) is 0 Å². The van der Waals surface area contributed by atoms with Gasteiger partial charge in [0.1, 0.15) is 0 Å². The van der Waals surface area contributed by atoms with Crippen LogP contribution in [0.15, 0.2) is 35.4 Å². The smallest absolute Gasteiger partial charge is 0.147 e. The molecule has 2 aromatic rings. The zero-order valence-electron chi connectivity index (χ0n) is 19.5. The number of rotatable bonds is 3. The number of halogens is 2. The fourth-order valence-corrected chi connectivity index (χ4v) is 39.1. The van der Waals surface area contributed by atoms with Crippen LogP contribution in [0.1, 0.15) is 65.7 Å². The maximum absolute atomic E-state index is 2.66. The summed E-state index contributed by atoms with van der Waals surface area (Å²) in [7, 11) is 0. The van der Waals surface area contributed by atoms with Gasteiger partial charge in [-0.2, -0.15) is 0 Å². The Bertz CT molecular complexity index is 956. The van der Waals surface area contributed by atoms with E-state index in [1.165, 1.54) is 22.3 Å². The van der Waals surface area contributed by atoms with E-state index in [0.29, 0.717) is 0 Å². The zero-order valence-corrected chi connectivity index (χ0v) is 25.9. The molecule has 0 spiro atoms. The van der Waals surface area contributed by atoms with Gasteiger partial charge in [0.15, 0.2) is 0 Å². The second-order valence-corrected chi connectivity index (χ2v) is 37.3. The molecular weight excluding hydrogens is 590 g/mol. The van der Waals surface area contributed by atoms with Crippen molar-refractivity contribution in [3.63, 3.8) is 0 Å². The number of hydrogen-bond acceptors (Lipinski definition) is 0. The van der Waals surface area contributed by atoms with Crippen LogP contribution >= 0.6 is 24.8 Å². The fraction of sp³-hybridized carbons (Fsp3) is 0.385. The molecule has 0 heterocycles. The van der Waals surface area contributed by atoms with Crippen LogP contribution in [0.2, 0.25) is 13.1 Å². The van der Waals surface area contributed by atoms with Gasteiger partial charge in [0.05, 0.1) is 0 Å². The predicted molar refractivity (Wildman–Crippen MR) is 138 cm³/mol. The molecule has 0 aliphatic heterocycles. The number of fused-ring (bicyclic) bond motifs is 2. The largest absolute Gasteiger partial charge is 0.147 e. The molecule has 2 aliphatic rings. The molecule has 161 valence electrons. The monoisotopic (exact) mass is 625 g/mol. The summed E-state index contributed by atoms with van der Waals surface area (Å²) in [4.78, 5) is 0. The van der Waals surface area contributed by atoms with Crippen molar-refractivity contribution in [2.45, 2.75) is 62.0 Å². The van der Waals surface area contributed by atoms with Crippen molar-refractivity contribution in [3.8, 4) is 0 Å². The topological polar surface area (TPSA) is 0 Å². The van der Waals surface area contributed by atoms with Crippen LogP contribution in [0.4, 0.5) is 0 Å². The SMILES string of the molecule is CC1=Cc2c(C)ccc(C)c2[CH]1[Hf]([CH]1C(C)=Cc2c(C)ccc(C)c21)[SiH](C)C.Cl.Cl. The minimum atomic E-state index is -2.07. The van der Waals surface area contributed by atoms with Gasteiger partial charge >= 0.3 is 181 Å². The minimum absolute atomic E-state index is 0. The summed E-state index contributed by atoms with van der Waals surface area (Å²) in [5.41, 5.74) is 15.9. The first-order chi connectivity index (χ1) is 13.2. The Balaban J connectivity index is 0.00000160. The van der Waals surface area contributed by atoms with Gasteiger partial charge in [-0.3, -0.25) is 0 Å². The Morgan fingerprint density at radius 3 is 1.27 bits per heavy atom. The van der Waals surface area contributed by atoms with Crippen molar-refractivity contribution in [2.75, 3.05) is 0 Å². The fourth-order valence-electron chi connectivity index (χ4n) is 5.63. The van der Waals surface area contributed by atoms with E-state index in [1.807, 2.05) is 0 Å². The molecule has 0 aromatic heterocycles. The molecule has 2 unspecified atom stereocenters. The van der Waals surface area contributed by atoms with E-state index >= 15 is 0 Å². The third-order valence-electron chi connectivity index (χ3n) is 7.01. The van der Waals surface area contributed by atoms with Crippen LogP contribution in [0.25, 0.3) is 12.2 Å². The van der Waals surface area contributed by atoms with Gasteiger partial charge in [-0.1, -0.05) is 0 Å². The Kier molecular flexibility index (Phi) is 8.28. The zero-order chi connectivity index (χ0) is 20.3. The van der Waals surface area contributed by atoms with Crippen molar-refractivity contribution in [2.24, 2.45) is 0 Å². The van der Waals surface area contributed by atoms with Gasteiger partial charge in [0, 0.05) is 0 Å². The summed E-state index contributed by atoms with van der Waals surface area (Å²) >= 11 is -2.07. The maximum Gasteiger partial charge on any atom is -0.147 e. The van der Waals surface area contributed by atoms with E-state index in [4.69, 9.17) is 0 Å². The Labute approximate surface area is 204 Å². The molecule has 0 fully saturated rings. The van der Waals surface area contributed by atoms with Crippen LogP contribution < -0.4 is 0 Å². The molecule has 2 atom stereocenters. The molecule has 30 heavy (non-hydrogen) atoms.